The first-order valence-corrected chi connectivity index (χ1v) is 4.42. The molecule has 82 valence electrons. The summed E-state index contributed by atoms with van der Waals surface area (Å²) in [6.07, 6.45) is 0. The molecule has 0 unspecified atom stereocenters. The van der Waals surface area contributed by atoms with Crippen LogP contribution in [0, 0.1) is 5.82 Å². The lowest BCUT2D eigenvalue weighted by molar-refractivity contribution is 0.249. The first kappa shape index (κ1) is 11.1. The van der Waals surface area contributed by atoms with Crippen molar-refractivity contribution in [3.8, 4) is 0 Å². The van der Waals surface area contributed by atoms with Gasteiger partial charge in [0.1, 0.15) is 5.82 Å². The molecular weight excluding hydrogens is 199 g/mol. The quantitative estimate of drug-likeness (QED) is 0.432. The third kappa shape index (κ3) is 3.34. The van der Waals surface area contributed by atoms with E-state index in [9.17, 15) is 9.18 Å². The van der Waals surface area contributed by atoms with Gasteiger partial charge >= 0.3 is 6.03 Å². The van der Waals surface area contributed by atoms with Crippen LogP contribution < -0.4 is 22.1 Å². The van der Waals surface area contributed by atoms with Gasteiger partial charge in [0.25, 0.3) is 0 Å². The molecule has 0 aliphatic heterocycles. The standard InChI is InChI=1S/C9H13FN4O/c10-6-2-1-3-7(8(6)11)13-4-5-14-9(12)15/h1-3,13H,4-5,11H2,(H3,12,14,15). The minimum atomic E-state index is -0.594. The molecule has 0 atom stereocenters. The summed E-state index contributed by atoms with van der Waals surface area (Å²) in [4.78, 5) is 10.3. The maximum atomic E-state index is 13.0. The van der Waals surface area contributed by atoms with Crippen LogP contribution in [0.2, 0.25) is 0 Å². The molecule has 1 aromatic rings. The summed E-state index contributed by atoms with van der Waals surface area (Å²) in [6, 6.07) is 3.89. The number of halogens is 1. The number of carbonyl (C=O) groups excluding carboxylic acids is 1. The number of hydrogen-bond acceptors (Lipinski definition) is 3. The van der Waals surface area contributed by atoms with Crippen molar-refractivity contribution in [2.45, 2.75) is 0 Å². The third-order valence-corrected chi connectivity index (χ3v) is 1.79. The van der Waals surface area contributed by atoms with Crippen molar-refractivity contribution in [2.75, 3.05) is 24.1 Å². The highest BCUT2D eigenvalue weighted by molar-refractivity contribution is 5.71. The van der Waals surface area contributed by atoms with Gasteiger partial charge in [-0.1, -0.05) is 6.07 Å². The second-order valence-electron chi connectivity index (χ2n) is 2.92. The zero-order chi connectivity index (χ0) is 11.3. The van der Waals surface area contributed by atoms with Crippen molar-refractivity contribution in [3.05, 3.63) is 24.0 Å². The Labute approximate surface area is 86.6 Å². The molecule has 0 aliphatic carbocycles. The fraction of sp³-hybridized carbons (Fsp3) is 0.222. The highest BCUT2D eigenvalue weighted by Gasteiger charge is 2.02. The molecule has 0 radical (unpaired) electrons. The Morgan fingerprint density at radius 1 is 1.40 bits per heavy atom. The average molecular weight is 212 g/mol. The van der Waals surface area contributed by atoms with Gasteiger partial charge in [-0.3, -0.25) is 0 Å². The van der Waals surface area contributed by atoms with E-state index in [1.54, 1.807) is 12.1 Å². The number of rotatable bonds is 4. The number of amides is 2. The van der Waals surface area contributed by atoms with Crippen molar-refractivity contribution < 1.29 is 9.18 Å². The molecule has 0 spiro atoms. The Balaban J connectivity index is 2.44. The second-order valence-corrected chi connectivity index (χ2v) is 2.92. The van der Waals surface area contributed by atoms with Crippen LogP contribution in [-0.4, -0.2) is 19.1 Å². The number of nitrogen functional groups attached to an aromatic ring is 1. The van der Waals surface area contributed by atoms with Gasteiger partial charge < -0.3 is 22.1 Å². The van der Waals surface area contributed by atoms with Gasteiger partial charge in [-0.05, 0) is 12.1 Å². The van der Waals surface area contributed by atoms with E-state index in [0.717, 1.165) is 0 Å². The maximum Gasteiger partial charge on any atom is 0.312 e. The molecule has 0 aliphatic rings. The van der Waals surface area contributed by atoms with Crippen molar-refractivity contribution >= 4 is 17.4 Å². The first-order valence-electron chi connectivity index (χ1n) is 4.42. The highest BCUT2D eigenvalue weighted by Crippen LogP contribution is 2.20. The molecule has 6 N–H and O–H groups in total. The van der Waals surface area contributed by atoms with Gasteiger partial charge in [-0.2, -0.15) is 0 Å². The van der Waals surface area contributed by atoms with Crippen LogP contribution in [0.5, 0.6) is 0 Å². The molecule has 0 saturated carbocycles. The molecule has 0 heterocycles. The summed E-state index contributed by atoms with van der Waals surface area (Å²) in [5.74, 6) is -0.470. The summed E-state index contributed by atoms with van der Waals surface area (Å²) >= 11 is 0. The summed E-state index contributed by atoms with van der Waals surface area (Å²) in [5, 5.41) is 5.27. The third-order valence-electron chi connectivity index (χ3n) is 1.79. The summed E-state index contributed by atoms with van der Waals surface area (Å²) in [7, 11) is 0. The lowest BCUT2D eigenvalue weighted by Crippen LogP contribution is -2.33. The minimum Gasteiger partial charge on any atom is -0.395 e. The van der Waals surface area contributed by atoms with E-state index in [1.807, 2.05) is 0 Å². The predicted molar refractivity (Wildman–Crippen MR) is 56.9 cm³/mol. The van der Waals surface area contributed by atoms with E-state index in [0.29, 0.717) is 18.8 Å². The van der Waals surface area contributed by atoms with Crippen LogP contribution in [0.1, 0.15) is 0 Å². The SMILES string of the molecule is NC(=O)NCCNc1cccc(F)c1N. The number of carbonyl (C=O) groups is 1. The zero-order valence-corrected chi connectivity index (χ0v) is 8.09. The van der Waals surface area contributed by atoms with Crippen molar-refractivity contribution in [1.82, 2.24) is 5.32 Å². The Morgan fingerprint density at radius 2 is 2.13 bits per heavy atom. The number of hydrogen-bond donors (Lipinski definition) is 4. The zero-order valence-electron chi connectivity index (χ0n) is 8.09. The molecule has 5 nitrogen and oxygen atoms in total. The maximum absolute atomic E-state index is 13.0. The van der Waals surface area contributed by atoms with Crippen molar-refractivity contribution in [3.63, 3.8) is 0 Å². The number of anilines is 2. The van der Waals surface area contributed by atoms with E-state index >= 15 is 0 Å². The fourth-order valence-electron chi connectivity index (χ4n) is 1.07. The van der Waals surface area contributed by atoms with E-state index in [2.05, 4.69) is 10.6 Å². The van der Waals surface area contributed by atoms with Crippen LogP contribution >= 0.6 is 0 Å². The normalized spacial score (nSPS) is 9.67. The number of urea groups is 1. The molecule has 0 bridgehead atoms. The van der Waals surface area contributed by atoms with Crippen molar-refractivity contribution in [2.24, 2.45) is 5.73 Å². The van der Waals surface area contributed by atoms with Crippen LogP contribution in [0.25, 0.3) is 0 Å². The van der Waals surface area contributed by atoms with Crippen LogP contribution in [0.15, 0.2) is 18.2 Å². The smallest absolute Gasteiger partial charge is 0.312 e. The highest BCUT2D eigenvalue weighted by atomic mass is 19.1. The monoisotopic (exact) mass is 212 g/mol. The molecule has 2 amide bonds. The Bertz CT molecular complexity index is 356. The van der Waals surface area contributed by atoms with Gasteiger partial charge in [0, 0.05) is 13.1 Å². The molecule has 1 rings (SSSR count). The Kier molecular flexibility index (Phi) is 3.73. The molecule has 6 heteroatoms. The van der Waals surface area contributed by atoms with E-state index in [4.69, 9.17) is 11.5 Å². The number of nitrogens with two attached hydrogens (primary N) is 2. The number of primary amides is 1. The number of benzene rings is 1. The second kappa shape index (κ2) is 5.04. The first-order chi connectivity index (χ1) is 7.11. The van der Waals surface area contributed by atoms with E-state index < -0.39 is 11.8 Å². The number of para-hydroxylation sites is 1. The van der Waals surface area contributed by atoms with E-state index in [1.165, 1.54) is 6.07 Å². The van der Waals surface area contributed by atoms with Gasteiger partial charge in [-0.25, -0.2) is 9.18 Å². The van der Waals surface area contributed by atoms with Gasteiger partial charge in [0.05, 0.1) is 11.4 Å². The van der Waals surface area contributed by atoms with Crippen LogP contribution in [0.4, 0.5) is 20.6 Å². The molecule has 0 fully saturated rings. The average Bonchev–Trinajstić information content (AvgIpc) is 2.18. The van der Waals surface area contributed by atoms with Crippen LogP contribution in [-0.2, 0) is 0 Å². The Morgan fingerprint density at radius 3 is 2.80 bits per heavy atom. The van der Waals surface area contributed by atoms with Gasteiger partial charge in [0.2, 0.25) is 0 Å². The molecule has 0 saturated heterocycles. The predicted octanol–water partition coefficient (Wildman–Crippen LogP) is 0.488. The van der Waals surface area contributed by atoms with E-state index in [-0.39, 0.29) is 5.69 Å². The fourth-order valence-corrected chi connectivity index (χ4v) is 1.07. The Hall–Kier alpha value is -1.98. The molecule has 0 aromatic heterocycles. The molecular formula is C9H13FN4O. The van der Waals surface area contributed by atoms with Crippen LogP contribution in [0.3, 0.4) is 0 Å². The van der Waals surface area contributed by atoms with Gasteiger partial charge in [0.15, 0.2) is 0 Å². The number of nitrogens with one attached hydrogen (secondary N) is 2. The minimum absolute atomic E-state index is 0.0663. The molecule has 1 aromatic carbocycles. The topological polar surface area (TPSA) is 93.2 Å². The molecule has 15 heavy (non-hydrogen) atoms. The summed E-state index contributed by atoms with van der Waals surface area (Å²) in [6.45, 7) is 0.780. The largest absolute Gasteiger partial charge is 0.395 e. The lowest BCUT2D eigenvalue weighted by Gasteiger charge is -2.09. The summed E-state index contributed by atoms with van der Waals surface area (Å²) in [5.41, 5.74) is 10.9. The lowest BCUT2D eigenvalue weighted by atomic mass is 10.2. The van der Waals surface area contributed by atoms with Gasteiger partial charge in [-0.15, -0.1) is 0 Å². The van der Waals surface area contributed by atoms with Crippen molar-refractivity contribution in [1.29, 1.82) is 0 Å². The summed E-state index contributed by atoms with van der Waals surface area (Å²) < 4.78 is 13.0.